The van der Waals surface area contributed by atoms with Crippen molar-refractivity contribution >= 4 is 34.1 Å². The van der Waals surface area contributed by atoms with Gasteiger partial charge in [0.1, 0.15) is 0 Å². The molecule has 0 aliphatic heterocycles. The minimum atomic E-state index is -0.604. The molecule has 0 spiro atoms. The van der Waals surface area contributed by atoms with Gasteiger partial charge in [-0.3, -0.25) is 0 Å². The molecule has 310 valence electrons. The summed E-state index contributed by atoms with van der Waals surface area (Å²) >= 11 is 0. The Morgan fingerprint density at radius 1 is 0.262 bits per heavy atom. The van der Waals surface area contributed by atoms with Gasteiger partial charge in [0.05, 0.1) is 5.54 Å². The Kier molecular flexibility index (Phi) is 10.2. The monoisotopic (exact) mass is 833 g/mol. The largest absolute Gasteiger partial charge is 0.318 e. The Morgan fingerprint density at radius 2 is 0.523 bits per heavy atom. The van der Waals surface area contributed by atoms with Gasteiger partial charge in [0.25, 0.3) is 0 Å². The Morgan fingerprint density at radius 3 is 0.877 bits per heavy atom. The number of benzene rings is 10. The summed E-state index contributed by atoms with van der Waals surface area (Å²) in [6.45, 7) is 2.13. The fraction of sp³-hybridized carbons (Fsp3) is 0.0323. The van der Waals surface area contributed by atoms with Crippen molar-refractivity contribution < 1.29 is 0 Å². The molecule has 1 atom stereocenters. The van der Waals surface area contributed by atoms with Crippen LogP contribution < -0.4 is 15.5 Å². The van der Waals surface area contributed by atoms with Crippen molar-refractivity contribution in [1.29, 1.82) is 0 Å². The van der Waals surface area contributed by atoms with Crippen molar-refractivity contribution in [3.63, 3.8) is 0 Å². The fourth-order valence-electron chi connectivity index (χ4n) is 9.45. The van der Waals surface area contributed by atoms with Crippen LogP contribution in [0.4, 0.5) is 34.1 Å². The van der Waals surface area contributed by atoms with E-state index in [2.05, 4.69) is 272 Å². The van der Waals surface area contributed by atoms with Gasteiger partial charge in [-0.15, -0.1) is 0 Å². The molecule has 2 N–H and O–H groups in total. The molecule has 0 amide bonds. The van der Waals surface area contributed by atoms with Gasteiger partial charge >= 0.3 is 0 Å². The number of nitrogens with zero attached hydrogens (tertiary/aromatic N) is 2. The Bertz CT molecular complexity index is 3130. The van der Waals surface area contributed by atoms with Gasteiger partial charge < -0.3 is 15.5 Å². The first-order valence-electron chi connectivity index (χ1n) is 22.3. The SMILES string of the molecule is CC1(N)c2ccccc2-c2ccc(N(c3ccc(-c4ccccc4)cc3)c3ccc(-c4ccc(N(c5ccc(-c6ccccc6)cc5)c5ccc(-c6ccccc6)cc5)cc4)cc3)cc21. The van der Waals surface area contributed by atoms with Gasteiger partial charge in [0, 0.05) is 34.1 Å². The van der Waals surface area contributed by atoms with Crippen LogP contribution in [0.5, 0.6) is 0 Å². The van der Waals surface area contributed by atoms with Crippen LogP contribution in [-0.2, 0) is 5.54 Å². The molecule has 3 nitrogen and oxygen atoms in total. The van der Waals surface area contributed by atoms with E-state index in [1.807, 2.05) is 0 Å². The lowest BCUT2D eigenvalue weighted by Gasteiger charge is -2.28. The molecule has 0 heterocycles. The molecule has 0 saturated carbocycles. The Balaban J connectivity index is 0.928. The van der Waals surface area contributed by atoms with Gasteiger partial charge in [0.15, 0.2) is 0 Å². The van der Waals surface area contributed by atoms with Crippen LogP contribution in [0.1, 0.15) is 18.1 Å². The quantitative estimate of drug-likeness (QED) is 0.149. The molecule has 0 bridgehead atoms. The van der Waals surface area contributed by atoms with E-state index < -0.39 is 5.54 Å². The maximum Gasteiger partial charge on any atom is 0.0649 e. The zero-order valence-corrected chi connectivity index (χ0v) is 36.2. The lowest BCUT2D eigenvalue weighted by atomic mass is 9.90. The lowest BCUT2D eigenvalue weighted by Crippen LogP contribution is -2.31. The van der Waals surface area contributed by atoms with Crippen molar-refractivity contribution in [3.8, 4) is 55.6 Å². The molecule has 0 saturated heterocycles. The van der Waals surface area contributed by atoms with Gasteiger partial charge in [-0.25, -0.2) is 0 Å². The number of hydrogen-bond donors (Lipinski definition) is 1. The molecule has 11 rings (SSSR count). The third-order valence-electron chi connectivity index (χ3n) is 12.9. The first-order valence-corrected chi connectivity index (χ1v) is 22.3. The highest BCUT2D eigenvalue weighted by Gasteiger charge is 2.36. The molecule has 0 aromatic heterocycles. The fourth-order valence-corrected chi connectivity index (χ4v) is 9.45. The van der Waals surface area contributed by atoms with Crippen molar-refractivity contribution in [2.24, 2.45) is 5.73 Å². The molecular weight excluding hydrogens is 787 g/mol. The first-order chi connectivity index (χ1) is 32.0. The Hall–Kier alpha value is -8.24. The third-order valence-corrected chi connectivity index (χ3v) is 12.9. The molecule has 3 heteroatoms. The molecule has 0 radical (unpaired) electrons. The smallest absolute Gasteiger partial charge is 0.0649 e. The van der Waals surface area contributed by atoms with E-state index in [4.69, 9.17) is 5.73 Å². The second-order valence-corrected chi connectivity index (χ2v) is 17.0. The van der Waals surface area contributed by atoms with Crippen LogP contribution >= 0.6 is 0 Å². The number of nitrogens with two attached hydrogens (primary N) is 1. The summed E-state index contributed by atoms with van der Waals surface area (Å²) in [7, 11) is 0. The van der Waals surface area contributed by atoms with Crippen LogP contribution in [0.2, 0.25) is 0 Å². The maximum absolute atomic E-state index is 7.15. The molecule has 10 aromatic rings. The number of hydrogen-bond acceptors (Lipinski definition) is 3. The molecule has 1 aliphatic carbocycles. The summed E-state index contributed by atoms with van der Waals surface area (Å²) in [6.07, 6.45) is 0. The maximum atomic E-state index is 7.15. The highest BCUT2D eigenvalue weighted by Crippen LogP contribution is 2.49. The summed E-state index contributed by atoms with van der Waals surface area (Å²) in [5.41, 5.74) is 27.2. The molecular formula is C62H47N3. The van der Waals surface area contributed by atoms with Crippen molar-refractivity contribution in [2.45, 2.75) is 12.5 Å². The summed E-state index contributed by atoms with van der Waals surface area (Å²) in [5, 5.41) is 0. The number of fused-ring (bicyclic) bond motifs is 3. The average molecular weight is 834 g/mol. The van der Waals surface area contributed by atoms with E-state index in [1.165, 1.54) is 44.5 Å². The topological polar surface area (TPSA) is 32.5 Å². The second kappa shape index (κ2) is 16.8. The second-order valence-electron chi connectivity index (χ2n) is 17.0. The Labute approximate surface area is 382 Å². The average Bonchev–Trinajstić information content (AvgIpc) is 3.61. The molecule has 1 aliphatic rings. The number of anilines is 6. The predicted octanol–water partition coefficient (Wildman–Crippen LogP) is 16.5. The summed E-state index contributed by atoms with van der Waals surface area (Å²) in [5.74, 6) is 0. The highest BCUT2D eigenvalue weighted by molar-refractivity contribution is 5.87. The highest BCUT2D eigenvalue weighted by atomic mass is 15.1. The summed E-state index contributed by atoms with van der Waals surface area (Å²) in [4.78, 5) is 4.67. The zero-order chi connectivity index (χ0) is 43.7. The molecule has 1 unspecified atom stereocenters. The molecule has 65 heavy (non-hydrogen) atoms. The minimum Gasteiger partial charge on any atom is -0.318 e. The van der Waals surface area contributed by atoms with E-state index >= 15 is 0 Å². The first kappa shape index (κ1) is 39.6. The van der Waals surface area contributed by atoms with Crippen LogP contribution in [-0.4, -0.2) is 0 Å². The predicted molar refractivity (Wildman–Crippen MR) is 274 cm³/mol. The minimum absolute atomic E-state index is 0.604. The van der Waals surface area contributed by atoms with E-state index in [1.54, 1.807) is 0 Å². The van der Waals surface area contributed by atoms with Crippen LogP contribution in [0, 0.1) is 0 Å². The van der Waals surface area contributed by atoms with Gasteiger partial charge in [-0.05, 0) is 146 Å². The van der Waals surface area contributed by atoms with Crippen molar-refractivity contribution in [3.05, 3.63) is 266 Å². The van der Waals surface area contributed by atoms with E-state index in [0.717, 1.165) is 56.4 Å². The molecule has 0 fully saturated rings. The normalized spacial score (nSPS) is 13.8. The van der Waals surface area contributed by atoms with Gasteiger partial charge in [-0.2, -0.15) is 0 Å². The van der Waals surface area contributed by atoms with Crippen LogP contribution in [0.15, 0.2) is 255 Å². The van der Waals surface area contributed by atoms with E-state index in [-0.39, 0.29) is 0 Å². The van der Waals surface area contributed by atoms with Crippen LogP contribution in [0.3, 0.4) is 0 Å². The lowest BCUT2D eigenvalue weighted by molar-refractivity contribution is 0.621. The zero-order valence-electron chi connectivity index (χ0n) is 36.2. The van der Waals surface area contributed by atoms with Crippen molar-refractivity contribution in [2.75, 3.05) is 9.80 Å². The van der Waals surface area contributed by atoms with Crippen LogP contribution in [0.25, 0.3) is 55.6 Å². The molecule has 10 aromatic carbocycles. The third kappa shape index (κ3) is 7.59. The van der Waals surface area contributed by atoms with Gasteiger partial charge in [-0.1, -0.05) is 182 Å². The van der Waals surface area contributed by atoms with Crippen molar-refractivity contribution in [1.82, 2.24) is 0 Å². The standard InChI is InChI=1S/C62H47N3/c1-62(63)60-20-12-11-19-58(60)59-42-41-57(43-61(59)62)65(55-37-25-49(26-38-55)46-17-9-4-10-18-46)56-39-29-51(30-40-56)50-27-35-54(36-28-50)64(52-31-21-47(22-32-52)44-13-5-2-6-14-44)53-33-23-48(24-34-53)45-15-7-3-8-16-45/h2-43H,63H2,1H3. The summed E-state index contributed by atoms with van der Waals surface area (Å²) in [6, 6.07) is 91.3. The summed E-state index contributed by atoms with van der Waals surface area (Å²) < 4.78 is 0. The van der Waals surface area contributed by atoms with E-state index in [0.29, 0.717) is 0 Å². The number of rotatable bonds is 10. The van der Waals surface area contributed by atoms with Gasteiger partial charge in [0.2, 0.25) is 0 Å². The van der Waals surface area contributed by atoms with E-state index in [9.17, 15) is 0 Å².